The molecule has 1 aliphatic carbocycles. The maximum absolute atomic E-state index is 5.61. The van der Waals surface area contributed by atoms with E-state index >= 15 is 0 Å². The van der Waals surface area contributed by atoms with E-state index < -0.39 is 0 Å². The summed E-state index contributed by atoms with van der Waals surface area (Å²) in [4.78, 5) is 3.96. The average molecular weight is 217 g/mol. The molecule has 0 saturated carbocycles. The quantitative estimate of drug-likeness (QED) is 0.762. The Bertz CT molecular complexity index is 371. The second kappa shape index (κ2) is 5.54. The molecule has 3 heteroatoms. The van der Waals surface area contributed by atoms with Crippen molar-refractivity contribution < 1.29 is 0 Å². The minimum Gasteiger partial charge on any atom is -0.385 e. The van der Waals surface area contributed by atoms with Gasteiger partial charge in [0.15, 0.2) is 0 Å². The summed E-state index contributed by atoms with van der Waals surface area (Å²) in [5.74, 6) is 0.571. The topological polar surface area (TPSA) is 50.9 Å². The van der Waals surface area contributed by atoms with Crippen LogP contribution in [0.1, 0.15) is 32.1 Å². The highest BCUT2D eigenvalue weighted by Gasteiger charge is 2.02. The minimum absolute atomic E-state index is 0.571. The van der Waals surface area contributed by atoms with Gasteiger partial charge >= 0.3 is 0 Å². The Labute approximate surface area is 96.8 Å². The average Bonchev–Trinajstić information content (AvgIpc) is 2.30. The van der Waals surface area contributed by atoms with Crippen molar-refractivity contribution in [3.05, 3.63) is 30.0 Å². The highest BCUT2D eigenvalue weighted by Crippen LogP contribution is 2.20. The molecule has 1 heterocycles. The lowest BCUT2D eigenvalue weighted by atomic mass is 9.97. The molecule has 0 saturated heterocycles. The summed E-state index contributed by atoms with van der Waals surface area (Å²) < 4.78 is 0. The molecule has 2 rings (SSSR count). The molecule has 0 spiro atoms. The molecule has 0 amide bonds. The summed E-state index contributed by atoms with van der Waals surface area (Å²) in [6, 6.07) is 3.82. The molecule has 0 atom stereocenters. The molecular formula is C13H19N3. The van der Waals surface area contributed by atoms with Gasteiger partial charge in [-0.2, -0.15) is 0 Å². The number of hydrogen-bond acceptors (Lipinski definition) is 3. The van der Waals surface area contributed by atoms with Crippen molar-refractivity contribution in [1.82, 2.24) is 4.98 Å². The van der Waals surface area contributed by atoms with Gasteiger partial charge in [0.25, 0.3) is 0 Å². The van der Waals surface area contributed by atoms with E-state index in [4.69, 9.17) is 5.73 Å². The van der Waals surface area contributed by atoms with Crippen molar-refractivity contribution in [3.8, 4) is 0 Å². The Balaban J connectivity index is 1.77. The van der Waals surface area contributed by atoms with Gasteiger partial charge < -0.3 is 11.1 Å². The van der Waals surface area contributed by atoms with Crippen molar-refractivity contribution in [1.29, 1.82) is 0 Å². The van der Waals surface area contributed by atoms with Crippen molar-refractivity contribution in [2.24, 2.45) is 0 Å². The first kappa shape index (κ1) is 11.0. The molecule has 3 N–H and O–H groups in total. The molecule has 0 unspecified atom stereocenters. The van der Waals surface area contributed by atoms with Crippen LogP contribution < -0.4 is 11.1 Å². The van der Waals surface area contributed by atoms with Crippen LogP contribution in [0.4, 0.5) is 11.5 Å². The van der Waals surface area contributed by atoms with Crippen LogP contribution in [-0.4, -0.2) is 11.5 Å². The Kier molecular flexibility index (Phi) is 3.81. The molecule has 86 valence electrons. The highest BCUT2D eigenvalue weighted by atomic mass is 14.9. The lowest BCUT2D eigenvalue weighted by Crippen LogP contribution is -2.05. The number of nitrogen functional groups attached to an aromatic ring is 1. The smallest absolute Gasteiger partial charge is 0.125 e. The lowest BCUT2D eigenvalue weighted by molar-refractivity contribution is 0.679. The number of allylic oxidation sites excluding steroid dienone is 1. The molecule has 0 fully saturated rings. The van der Waals surface area contributed by atoms with E-state index in [-0.39, 0.29) is 0 Å². The van der Waals surface area contributed by atoms with Crippen LogP contribution in [-0.2, 0) is 0 Å². The van der Waals surface area contributed by atoms with Crippen LogP contribution in [0.5, 0.6) is 0 Å². The molecule has 0 radical (unpaired) electrons. The Morgan fingerprint density at radius 3 is 3.06 bits per heavy atom. The van der Waals surface area contributed by atoms with Crippen molar-refractivity contribution >= 4 is 11.5 Å². The third-order valence-corrected chi connectivity index (χ3v) is 2.94. The molecule has 1 aromatic rings. The number of rotatable bonds is 4. The normalized spacial score (nSPS) is 15.6. The summed E-state index contributed by atoms with van der Waals surface area (Å²) in [7, 11) is 0. The zero-order chi connectivity index (χ0) is 11.2. The fourth-order valence-electron chi connectivity index (χ4n) is 2.06. The van der Waals surface area contributed by atoms with Gasteiger partial charge in [0.05, 0.1) is 0 Å². The van der Waals surface area contributed by atoms with E-state index in [1.165, 1.54) is 25.7 Å². The van der Waals surface area contributed by atoms with E-state index in [9.17, 15) is 0 Å². The highest BCUT2D eigenvalue weighted by molar-refractivity contribution is 5.49. The summed E-state index contributed by atoms with van der Waals surface area (Å²) in [6.07, 6.45) is 10.5. The van der Waals surface area contributed by atoms with Gasteiger partial charge in [-0.3, -0.25) is 0 Å². The predicted octanol–water partition coefficient (Wildman–Crippen LogP) is 2.97. The second-order valence-corrected chi connectivity index (χ2v) is 4.25. The zero-order valence-corrected chi connectivity index (χ0v) is 9.58. The fraction of sp³-hybridized carbons (Fsp3) is 0.462. The minimum atomic E-state index is 0.571. The van der Waals surface area contributed by atoms with Crippen LogP contribution in [0.3, 0.4) is 0 Å². The number of nitrogens with two attached hydrogens (primary N) is 1. The van der Waals surface area contributed by atoms with E-state index in [0.29, 0.717) is 5.82 Å². The monoisotopic (exact) mass is 217 g/mol. The molecule has 16 heavy (non-hydrogen) atoms. The van der Waals surface area contributed by atoms with Gasteiger partial charge in [-0.05, 0) is 38.2 Å². The summed E-state index contributed by atoms with van der Waals surface area (Å²) in [6.45, 7) is 0.981. The SMILES string of the molecule is Nc1cc(NCCC2=CCCCC2)ccn1. The first-order valence-corrected chi connectivity index (χ1v) is 5.98. The molecule has 0 aliphatic heterocycles. The number of aromatic nitrogens is 1. The van der Waals surface area contributed by atoms with Gasteiger partial charge in [0, 0.05) is 24.5 Å². The standard InChI is InChI=1S/C13H19N3/c14-13-10-12(7-9-16-13)15-8-6-11-4-2-1-3-5-11/h4,7,9-10H,1-3,5-6,8H2,(H3,14,15,16). The van der Waals surface area contributed by atoms with Gasteiger partial charge in [-0.1, -0.05) is 11.6 Å². The molecule has 1 aromatic heterocycles. The first-order chi connectivity index (χ1) is 7.84. The number of nitrogens with one attached hydrogen (secondary N) is 1. The van der Waals surface area contributed by atoms with Gasteiger partial charge in [0.2, 0.25) is 0 Å². The van der Waals surface area contributed by atoms with Crippen molar-refractivity contribution in [2.45, 2.75) is 32.1 Å². The summed E-state index contributed by atoms with van der Waals surface area (Å²) in [5, 5.41) is 3.37. The second-order valence-electron chi connectivity index (χ2n) is 4.25. The molecule has 0 aromatic carbocycles. The Morgan fingerprint density at radius 2 is 2.31 bits per heavy atom. The Morgan fingerprint density at radius 1 is 1.38 bits per heavy atom. The summed E-state index contributed by atoms with van der Waals surface area (Å²) >= 11 is 0. The number of pyridine rings is 1. The van der Waals surface area contributed by atoms with Crippen molar-refractivity contribution in [2.75, 3.05) is 17.6 Å². The third-order valence-electron chi connectivity index (χ3n) is 2.94. The molecule has 1 aliphatic rings. The Hall–Kier alpha value is -1.51. The van der Waals surface area contributed by atoms with E-state index in [1.807, 2.05) is 12.1 Å². The van der Waals surface area contributed by atoms with Crippen LogP contribution in [0.25, 0.3) is 0 Å². The molecular weight excluding hydrogens is 198 g/mol. The third kappa shape index (κ3) is 3.26. The van der Waals surface area contributed by atoms with Crippen LogP contribution in [0.2, 0.25) is 0 Å². The van der Waals surface area contributed by atoms with Gasteiger partial charge in [-0.25, -0.2) is 4.98 Å². The maximum atomic E-state index is 5.61. The van der Waals surface area contributed by atoms with E-state index in [0.717, 1.165) is 18.7 Å². The number of anilines is 2. The zero-order valence-electron chi connectivity index (χ0n) is 9.58. The van der Waals surface area contributed by atoms with Gasteiger partial charge in [-0.15, -0.1) is 0 Å². The van der Waals surface area contributed by atoms with Crippen LogP contribution >= 0.6 is 0 Å². The van der Waals surface area contributed by atoms with Crippen molar-refractivity contribution in [3.63, 3.8) is 0 Å². The number of hydrogen-bond donors (Lipinski definition) is 2. The largest absolute Gasteiger partial charge is 0.385 e. The van der Waals surface area contributed by atoms with Crippen LogP contribution in [0, 0.1) is 0 Å². The van der Waals surface area contributed by atoms with Crippen LogP contribution in [0.15, 0.2) is 30.0 Å². The lowest BCUT2D eigenvalue weighted by Gasteiger charge is -2.13. The molecule has 0 bridgehead atoms. The summed E-state index contributed by atoms with van der Waals surface area (Å²) in [5.41, 5.74) is 8.27. The van der Waals surface area contributed by atoms with E-state index in [2.05, 4.69) is 16.4 Å². The fourth-order valence-corrected chi connectivity index (χ4v) is 2.06. The number of nitrogens with zero attached hydrogens (tertiary/aromatic N) is 1. The maximum Gasteiger partial charge on any atom is 0.125 e. The van der Waals surface area contributed by atoms with E-state index in [1.54, 1.807) is 11.8 Å². The predicted molar refractivity (Wildman–Crippen MR) is 68.3 cm³/mol. The van der Waals surface area contributed by atoms with Gasteiger partial charge in [0.1, 0.15) is 5.82 Å². The molecule has 3 nitrogen and oxygen atoms in total. The first-order valence-electron chi connectivity index (χ1n) is 5.98.